The van der Waals surface area contributed by atoms with E-state index in [0.717, 1.165) is 33.2 Å². The molecule has 0 saturated carbocycles. The molecule has 0 fully saturated rings. The van der Waals surface area contributed by atoms with Gasteiger partial charge in [0.2, 0.25) is 5.91 Å². The first-order valence-electron chi connectivity index (χ1n) is 9.45. The van der Waals surface area contributed by atoms with Gasteiger partial charge in [-0.15, -0.1) is 0 Å². The third-order valence-electron chi connectivity index (χ3n) is 4.88. The Kier molecular flexibility index (Phi) is 6.14. The second-order valence-electron chi connectivity index (χ2n) is 6.88. The Labute approximate surface area is 164 Å². The first kappa shape index (κ1) is 19.7. The van der Waals surface area contributed by atoms with E-state index in [4.69, 9.17) is 9.15 Å². The standard InChI is InChI=1S/C23H25NO4/c1-4-27-23(26)20(12-17-8-6-5-7-9-17)24-21(25)13-18-14-28-22-16(3)15(2)10-11-19(18)22/h5-11,14,20H,4,12-13H2,1-3H3,(H,24,25). The molecule has 1 atom stereocenters. The van der Waals surface area contributed by atoms with Gasteiger partial charge in [0.1, 0.15) is 11.6 Å². The highest BCUT2D eigenvalue weighted by atomic mass is 16.5. The SMILES string of the molecule is CCOC(=O)C(Cc1ccccc1)NC(=O)Cc1coc2c(C)c(C)ccc12. The quantitative estimate of drug-likeness (QED) is 0.633. The maximum absolute atomic E-state index is 12.7. The Hall–Kier alpha value is -3.08. The first-order valence-corrected chi connectivity index (χ1v) is 9.45. The molecular formula is C23H25NO4. The molecule has 0 aliphatic carbocycles. The smallest absolute Gasteiger partial charge is 0.328 e. The highest BCUT2D eigenvalue weighted by Crippen LogP contribution is 2.26. The fraction of sp³-hybridized carbons (Fsp3) is 0.304. The zero-order chi connectivity index (χ0) is 20.1. The van der Waals surface area contributed by atoms with Gasteiger partial charge in [-0.1, -0.05) is 42.5 Å². The minimum Gasteiger partial charge on any atom is -0.464 e. The molecule has 0 bridgehead atoms. The van der Waals surface area contributed by atoms with Gasteiger partial charge >= 0.3 is 5.97 Å². The van der Waals surface area contributed by atoms with Crippen molar-refractivity contribution in [1.29, 1.82) is 0 Å². The average molecular weight is 379 g/mol. The van der Waals surface area contributed by atoms with Crippen LogP contribution in [0.15, 0.2) is 53.1 Å². The first-order chi connectivity index (χ1) is 13.5. The van der Waals surface area contributed by atoms with Crippen molar-refractivity contribution in [2.75, 3.05) is 6.61 Å². The molecule has 0 aliphatic heterocycles. The van der Waals surface area contributed by atoms with E-state index in [2.05, 4.69) is 5.32 Å². The van der Waals surface area contributed by atoms with E-state index in [1.54, 1.807) is 13.2 Å². The van der Waals surface area contributed by atoms with Crippen LogP contribution in [-0.4, -0.2) is 24.5 Å². The highest BCUT2D eigenvalue weighted by Gasteiger charge is 2.23. The fourth-order valence-corrected chi connectivity index (χ4v) is 3.23. The van der Waals surface area contributed by atoms with Crippen LogP contribution in [-0.2, 0) is 27.2 Å². The Morgan fingerprint density at radius 3 is 2.57 bits per heavy atom. The van der Waals surface area contributed by atoms with Crippen molar-refractivity contribution < 1.29 is 18.7 Å². The predicted octanol–water partition coefficient (Wildman–Crippen LogP) is 3.88. The summed E-state index contributed by atoms with van der Waals surface area (Å²) >= 11 is 0. The van der Waals surface area contributed by atoms with E-state index in [-0.39, 0.29) is 18.9 Å². The molecule has 1 amide bonds. The van der Waals surface area contributed by atoms with Gasteiger partial charge in [0.15, 0.2) is 0 Å². The summed E-state index contributed by atoms with van der Waals surface area (Å²) in [6, 6.07) is 12.8. The monoisotopic (exact) mass is 379 g/mol. The van der Waals surface area contributed by atoms with Crippen LogP contribution in [0.25, 0.3) is 11.0 Å². The lowest BCUT2D eigenvalue weighted by Crippen LogP contribution is -2.44. The van der Waals surface area contributed by atoms with Gasteiger partial charge in [-0.05, 0) is 37.5 Å². The third kappa shape index (κ3) is 4.42. The summed E-state index contributed by atoms with van der Waals surface area (Å²) in [5, 5.41) is 3.75. The molecule has 0 aliphatic rings. The number of hydrogen-bond donors (Lipinski definition) is 1. The largest absolute Gasteiger partial charge is 0.464 e. The number of furan rings is 1. The topological polar surface area (TPSA) is 68.5 Å². The third-order valence-corrected chi connectivity index (χ3v) is 4.88. The summed E-state index contributed by atoms with van der Waals surface area (Å²) in [4.78, 5) is 25.0. The normalized spacial score (nSPS) is 12.0. The molecule has 3 aromatic rings. The maximum atomic E-state index is 12.7. The van der Waals surface area contributed by atoms with Gasteiger partial charge < -0.3 is 14.5 Å². The lowest BCUT2D eigenvalue weighted by Gasteiger charge is -2.17. The van der Waals surface area contributed by atoms with E-state index in [1.807, 2.05) is 56.3 Å². The average Bonchev–Trinajstić information content (AvgIpc) is 3.08. The summed E-state index contributed by atoms with van der Waals surface area (Å²) in [5.74, 6) is -0.668. The molecule has 146 valence electrons. The number of amides is 1. The Morgan fingerprint density at radius 2 is 1.86 bits per heavy atom. The van der Waals surface area contributed by atoms with Crippen LogP contribution in [0.1, 0.15) is 29.2 Å². The van der Waals surface area contributed by atoms with Gasteiger partial charge in [0, 0.05) is 17.4 Å². The van der Waals surface area contributed by atoms with Crippen LogP contribution >= 0.6 is 0 Å². The molecule has 1 N–H and O–H groups in total. The molecule has 0 saturated heterocycles. The summed E-state index contributed by atoms with van der Waals surface area (Å²) < 4.78 is 10.8. The number of hydrogen-bond acceptors (Lipinski definition) is 4. The lowest BCUT2D eigenvalue weighted by molar-refractivity contribution is -0.147. The predicted molar refractivity (Wildman–Crippen MR) is 108 cm³/mol. The van der Waals surface area contributed by atoms with Crippen LogP contribution in [0, 0.1) is 13.8 Å². The molecule has 3 rings (SSSR count). The summed E-state index contributed by atoms with van der Waals surface area (Å²) in [6.07, 6.45) is 2.14. The highest BCUT2D eigenvalue weighted by molar-refractivity contribution is 5.91. The van der Waals surface area contributed by atoms with E-state index in [1.165, 1.54) is 0 Å². The van der Waals surface area contributed by atoms with E-state index < -0.39 is 12.0 Å². The number of ether oxygens (including phenoxy) is 1. The number of esters is 1. The number of benzene rings is 2. The van der Waals surface area contributed by atoms with Gasteiger partial charge in [-0.2, -0.15) is 0 Å². The van der Waals surface area contributed by atoms with E-state index >= 15 is 0 Å². The maximum Gasteiger partial charge on any atom is 0.328 e. The zero-order valence-corrected chi connectivity index (χ0v) is 16.5. The van der Waals surface area contributed by atoms with Crippen molar-refractivity contribution in [2.45, 2.75) is 39.7 Å². The van der Waals surface area contributed by atoms with Crippen molar-refractivity contribution in [2.24, 2.45) is 0 Å². The van der Waals surface area contributed by atoms with Crippen molar-refractivity contribution >= 4 is 22.8 Å². The number of carbonyl (C=O) groups excluding carboxylic acids is 2. The molecule has 5 nitrogen and oxygen atoms in total. The molecular weight excluding hydrogens is 354 g/mol. The van der Waals surface area contributed by atoms with Gasteiger partial charge in [-0.25, -0.2) is 4.79 Å². The van der Waals surface area contributed by atoms with Gasteiger partial charge in [0.25, 0.3) is 0 Å². The molecule has 5 heteroatoms. The Morgan fingerprint density at radius 1 is 1.11 bits per heavy atom. The fourth-order valence-electron chi connectivity index (χ4n) is 3.23. The number of carbonyl (C=O) groups is 2. The molecule has 1 aromatic heterocycles. The summed E-state index contributed by atoms with van der Waals surface area (Å²) in [6.45, 7) is 6.05. The lowest BCUT2D eigenvalue weighted by atomic mass is 10.0. The van der Waals surface area contributed by atoms with E-state index in [9.17, 15) is 9.59 Å². The molecule has 2 aromatic carbocycles. The van der Waals surface area contributed by atoms with Crippen LogP contribution in [0.2, 0.25) is 0 Å². The Balaban J connectivity index is 1.75. The second kappa shape index (κ2) is 8.74. The molecule has 28 heavy (non-hydrogen) atoms. The van der Waals surface area contributed by atoms with Crippen molar-refractivity contribution in [1.82, 2.24) is 5.32 Å². The Bertz CT molecular complexity index is 975. The van der Waals surface area contributed by atoms with E-state index in [0.29, 0.717) is 6.42 Å². The number of fused-ring (bicyclic) bond motifs is 1. The molecule has 0 radical (unpaired) electrons. The minimum absolute atomic E-state index is 0.139. The van der Waals surface area contributed by atoms with Gasteiger partial charge in [0.05, 0.1) is 19.3 Å². The minimum atomic E-state index is -0.725. The van der Waals surface area contributed by atoms with Crippen molar-refractivity contribution in [3.05, 3.63) is 71.0 Å². The number of aryl methyl sites for hydroxylation is 2. The van der Waals surface area contributed by atoms with Crippen LogP contribution < -0.4 is 5.32 Å². The second-order valence-corrected chi connectivity index (χ2v) is 6.88. The van der Waals surface area contributed by atoms with Crippen molar-refractivity contribution in [3.8, 4) is 0 Å². The molecule has 0 spiro atoms. The van der Waals surface area contributed by atoms with Crippen molar-refractivity contribution in [3.63, 3.8) is 0 Å². The van der Waals surface area contributed by atoms with Crippen LogP contribution in [0.4, 0.5) is 0 Å². The summed E-state index contributed by atoms with van der Waals surface area (Å²) in [7, 11) is 0. The van der Waals surface area contributed by atoms with Crippen LogP contribution in [0.3, 0.4) is 0 Å². The zero-order valence-electron chi connectivity index (χ0n) is 16.5. The molecule has 1 unspecified atom stereocenters. The number of rotatable bonds is 7. The number of nitrogens with one attached hydrogen (secondary N) is 1. The molecule has 1 heterocycles. The van der Waals surface area contributed by atoms with Crippen LogP contribution in [0.5, 0.6) is 0 Å². The summed E-state index contributed by atoms with van der Waals surface area (Å²) in [5.41, 5.74) is 4.77. The van der Waals surface area contributed by atoms with Gasteiger partial charge in [-0.3, -0.25) is 4.79 Å².